The summed E-state index contributed by atoms with van der Waals surface area (Å²) < 4.78 is 13.2. The van der Waals surface area contributed by atoms with Gasteiger partial charge in [-0.3, -0.25) is 0 Å². The Bertz CT molecular complexity index is 417. The number of benzene rings is 1. The lowest BCUT2D eigenvalue weighted by atomic mass is 10.1. The van der Waals surface area contributed by atoms with Crippen molar-refractivity contribution in [3.63, 3.8) is 0 Å². The highest BCUT2D eigenvalue weighted by atomic mass is 19.1. The Morgan fingerprint density at radius 3 is 2.84 bits per heavy atom. The highest BCUT2D eigenvalue weighted by Gasteiger charge is 2.23. The minimum Gasteiger partial charge on any atom is -0.312 e. The van der Waals surface area contributed by atoms with Crippen molar-refractivity contribution in [3.05, 3.63) is 35.1 Å². The number of halogens is 1. The van der Waals surface area contributed by atoms with E-state index in [9.17, 15) is 4.39 Å². The minimum absolute atomic E-state index is 0.118. The van der Waals surface area contributed by atoms with E-state index in [1.165, 1.54) is 19.5 Å². The molecule has 0 aliphatic carbocycles. The quantitative estimate of drug-likeness (QED) is 0.879. The zero-order chi connectivity index (χ0) is 13.8. The molecule has 1 aliphatic rings. The van der Waals surface area contributed by atoms with E-state index in [-0.39, 0.29) is 5.82 Å². The third kappa shape index (κ3) is 4.02. The van der Waals surface area contributed by atoms with Gasteiger partial charge in [0.25, 0.3) is 0 Å². The van der Waals surface area contributed by atoms with Crippen LogP contribution in [-0.2, 0) is 6.54 Å². The Labute approximate surface area is 116 Å². The molecular formula is C16H25FN2. The van der Waals surface area contributed by atoms with Gasteiger partial charge in [-0.1, -0.05) is 12.1 Å². The fraction of sp³-hybridized carbons (Fsp3) is 0.625. The van der Waals surface area contributed by atoms with E-state index >= 15 is 0 Å². The first-order valence-electron chi connectivity index (χ1n) is 7.26. The SMILES string of the molecule is Cc1cc(CNCC2CCN(C(C)C)C2)ccc1F. The van der Waals surface area contributed by atoms with E-state index in [0.29, 0.717) is 6.04 Å². The summed E-state index contributed by atoms with van der Waals surface area (Å²) in [5.74, 6) is 0.635. The largest absolute Gasteiger partial charge is 0.312 e. The topological polar surface area (TPSA) is 15.3 Å². The summed E-state index contributed by atoms with van der Waals surface area (Å²) in [5.41, 5.74) is 1.89. The molecule has 1 atom stereocenters. The van der Waals surface area contributed by atoms with Crippen LogP contribution in [0.2, 0.25) is 0 Å². The number of rotatable bonds is 5. The molecule has 1 aliphatic heterocycles. The summed E-state index contributed by atoms with van der Waals surface area (Å²) in [4.78, 5) is 2.54. The Hall–Kier alpha value is -0.930. The predicted molar refractivity (Wildman–Crippen MR) is 77.7 cm³/mol. The van der Waals surface area contributed by atoms with Gasteiger partial charge in [-0.2, -0.15) is 0 Å². The van der Waals surface area contributed by atoms with Crippen LogP contribution in [0.1, 0.15) is 31.4 Å². The maximum Gasteiger partial charge on any atom is 0.126 e. The monoisotopic (exact) mass is 264 g/mol. The highest BCUT2D eigenvalue weighted by molar-refractivity contribution is 5.23. The summed E-state index contributed by atoms with van der Waals surface area (Å²) in [6.07, 6.45) is 1.29. The maximum atomic E-state index is 13.2. The molecule has 0 radical (unpaired) electrons. The van der Waals surface area contributed by atoms with Gasteiger partial charge < -0.3 is 10.2 Å². The van der Waals surface area contributed by atoms with Gasteiger partial charge in [0, 0.05) is 19.1 Å². The van der Waals surface area contributed by atoms with Gasteiger partial charge in [-0.15, -0.1) is 0 Å². The van der Waals surface area contributed by atoms with Crippen LogP contribution in [0.3, 0.4) is 0 Å². The van der Waals surface area contributed by atoms with Gasteiger partial charge in [-0.05, 0) is 63.4 Å². The van der Waals surface area contributed by atoms with Crippen molar-refractivity contribution in [1.29, 1.82) is 0 Å². The van der Waals surface area contributed by atoms with Gasteiger partial charge in [-0.25, -0.2) is 4.39 Å². The van der Waals surface area contributed by atoms with Crippen molar-refractivity contribution in [3.8, 4) is 0 Å². The number of hydrogen-bond donors (Lipinski definition) is 1. The number of aryl methyl sites for hydroxylation is 1. The first kappa shape index (κ1) is 14.5. The normalized spacial score (nSPS) is 20.4. The molecule has 3 heteroatoms. The van der Waals surface area contributed by atoms with E-state index in [4.69, 9.17) is 0 Å². The second-order valence-corrected chi connectivity index (χ2v) is 5.96. The van der Waals surface area contributed by atoms with Crippen LogP contribution in [-0.4, -0.2) is 30.6 Å². The van der Waals surface area contributed by atoms with Crippen LogP contribution in [0.25, 0.3) is 0 Å². The number of nitrogens with one attached hydrogen (secondary N) is 1. The van der Waals surface area contributed by atoms with Crippen LogP contribution in [0, 0.1) is 18.7 Å². The predicted octanol–water partition coefficient (Wildman–Crippen LogP) is 2.95. The van der Waals surface area contributed by atoms with Crippen LogP contribution >= 0.6 is 0 Å². The van der Waals surface area contributed by atoms with Gasteiger partial charge in [0.05, 0.1) is 0 Å². The molecule has 1 aromatic rings. The molecule has 2 nitrogen and oxygen atoms in total. The van der Waals surface area contributed by atoms with Gasteiger partial charge in [0.15, 0.2) is 0 Å². The molecule has 1 N–H and O–H groups in total. The molecule has 106 valence electrons. The zero-order valence-corrected chi connectivity index (χ0v) is 12.2. The molecular weight excluding hydrogens is 239 g/mol. The summed E-state index contributed by atoms with van der Waals surface area (Å²) in [6.45, 7) is 10.6. The van der Waals surface area contributed by atoms with E-state index in [1.807, 2.05) is 19.1 Å². The molecule has 1 fully saturated rings. The lowest BCUT2D eigenvalue weighted by Gasteiger charge is -2.20. The molecule has 0 aromatic heterocycles. The summed E-state index contributed by atoms with van der Waals surface area (Å²) in [5, 5.41) is 3.50. The van der Waals surface area contributed by atoms with Crippen molar-refractivity contribution in [2.45, 2.75) is 39.8 Å². The molecule has 0 amide bonds. The molecule has 1 aromatic carbocycles. The average Bonchev–Trinajstić information content (AvgIpc) is 2.83. The number of nitrogens with zero attached hydrogens (tertiary/aromatic N) is 1. The standard InChI is InChI=1S/C16H25FN2/c1-12(2)19-7-6-15(11-19)10-18-9-14-4-5-16(17)13(3)8-14/h4-5,8,12,15,18H,6-7,9-11H2,1-3H3. The average molecular weight is 264 g/mol. The molecule has 0 spiro atoms. The fourth-order valence-electron chi connectivity index (χ4n) is 2.74. The molecule has 0 saturated carbocycles. The summed E-state index contributed by atoms with van der Waals surface area (Å²) in [7, 11) is 0. The van der Waals surface area contributed by atoms with Crippen LogP contribution in [0.5, 0.6) is 0 Å². The molecule has 1 saturated heterocycles. The van der Waals surface area contributed by atoms with E-state index in [2.05, 4.69) is 24.1 Å². The van der Waals surface area contributed by atoms with Crippen molar-refractivity contribution >= 4 is 0 Å². The maximum absolute atomic E-state index is 13.2. The fourth-order valence-corrected chi connectivity index (χ4v) is 2.74. The van der Waals surface area contributed by atoms with Gasteiger partial charge >= 0.3 is 0 Å². The Morgan fingerprint density at radius 1 is 1.42 bits per heavy atom. The van der Waals surface area contributed by atoms with Crippen LogP contribution < -0.4 is 5.32 Å². The molecule has 0 bridgehead atoms. The van der Waals surface area contributed by atoms with Crippen LogP contribution in [0.4, 0.5) is 4.39 Å². The first-order chi connectivity index (χ1) is 9.06. The molecule has 1 unspecified atom stereocenters. The first-order valence-corrected chi connectivity index (χ1v) is 7.26. The lowest BCUT2D eigenvalue weighted by molar-refractivity contribution is 0.264. The van der Waals surface area contributed by atoms with Crippen molar-refractivity contribution in [2.24, 2.45) is 5.92 Å². The Balaban J connectivity index is 1.73. The van der Waals surface area contributed by atoms with E-state index in [0.717, 1.165) is 30.1 Å². The summed E-state index contributed by atoms with van der Waals surface area (Å²) >= 11 is 0. The molecule has 1 heterocycles. The third-order valence-electron chi connectivity index (χ3n) is 4.03. The van der Waals surface area contributed by atoms with Gasteiger partial charge in [0.1, 0.15) is 5.82 Å². The minimum atomic E-state index is -0.118. The van der Waals surface area contributed by atoms with Crippen molar-refractivity contribution in [2.75, 3.05) is 19.6 Å². The van der Waals surface area contributed by atoms with Crippen molar-refractivity contribution in [1.82, 2.24) is 10.2 Å². The lowest BCUT2D eigenvalue weighted by Crippen LogP contribution is -2.30. The third-order valence-corrected chi connectivity index (χ3v) is 4.03. The van der Waals surface area contributed by atoms with E-state index in [1.54, 1.807) is 6.07 Å². The Morgan fingerprint density at radius 2 is 2.21 bits per heavy atom. The van der Waals surface area contributed by atoms with Gasteiger partial charge in [0.2, 0.25) is 0 Å². The Kier molecular flexibility index (Phi) is 4.94. The smallest absolute Gasteiger partial charge is 0.126 e. The second-order valence-electron chi connectivity index (χ2n) is 5.96. The highest BCUT2D eigenvalue weighted by Crippen LogP contribution is 2.17. The zero-order valence-electron chi connectivity index (χ0n) is 12.2. The number of hydrogen-bond acceptors (Lipinski definition) is 2. The number of likely N-dealkylation sites (tertiary alicyclic amines) is 1. The van der Waals surface area contributed by atoms with Crippen molar-refractivity contribution < 1.29 is 4.39 Å². The second kappa shape index (κ2) is 6.49. The van der Waals surface area contributed by atoms with Crippen LogP contribution in [0.15, 0.2) is 18.2 Å². The molecule has 2 rings (SSSR count). The summed E-state index contributed by atoms with van der Waals surface area (Å²) in [6, 6.07) is 6.01. The van der Waals surface area contributed by atoms with E-state index < -0.39 is 0 Å². The molecule has 19 heavy (non-hydrogen) atoms.